The number of benzene rings is 1. The van der Waals surface area contributed by atoms with Gasteiger partial charge in [0.1, 0.15) is 5.75 Å². The fourth-order valence-electron chi connectivity index (χ4n) is 5.54. The summed E-state index contributed by atoms with van der Waals surface area (Å²) in [7, 11) is 1.74. The molecule has 4 nitrogen and oxygen atoms in total. The largest absolute Gasteiger partial charge is 0.497 e. The summed E-state index contributed by atoms with van der Waals surface area (Å²) in [5.41, 5.74) is 3.12. The van der Waals surface area contributed by atoms with Crippen molar-refractivity contribution >= 4 is 6.09 Å². The van der Waals surface area contributed by atoms with Crippen LogP contribution in [-0.4, -0.2) is 37.3 Å². The molecule has 3 atom stereocenters. The van der Waals surface area contributed by atoms with Gasteiger partial charge in [0.15, 0.2) is 0 Å². The lowest BCUT2D eigenvalue weighted by Crippen LogP contribution is -2.62. The van der Waals surface area contributed by atoms with Gasteiger partial charge in [0.05, 0.1) is 13.7 Å². The van der Waals surface area contributed by atoms with Gasteiger partial charge in [-0.1, -0.05) is 18.9 Å². The van der Waals surface area contributed by atoms with Crippen LogP contribution in [-0.2, 0) is 16.6 Å². The number of methoxy groups -OCH3 is 1. The van der Waals surface area contributed by atoms with E-state index in [1.165, 1.54) is 36.8 Å². The number of hydrogen-bond donors (Lipinski definition) is 0. The Morgan fingerprint density at radius 3 is 3.00 bits per heavy atom. The van der Waals surface area contributed by atoms with Crippen LogP contribution in [0.15, 0.2) is 18.2 Å². The number of amides is 1. The zero-order valence-corrected chi connectivity index (χ0v) is 14.7. The summed E-state index contributed by atoms with van der Waals surface area (Å²) < 4.78 is 10.8. The molecular formula is C20H27NO3. The Balaban J connectivity index is 1.77. The molecule has 1 unspecified atom stereocenters. The van der Waals surface area contributed by atoms with Gasteiger partial charge in [0, 0.05) is 18.0 Å². The minimum atomic E-state index is -0.126. The molecule has 2 aliphatic carbocycles. The van der Waals surface area contributed by atoms with Crippen molar-refractivity contribution in [2.45, 2.75) is 56.9 Å². The first kappa shape index (κ1) is 15.8. The second kappa shape index (κ2) is 5.98. The van der Waals surface area contributed by atoms with Crippen LogP contribution in [0.5, 0.6) is 5.75 Å². The highest BCUT2D eigenvalue weighted by atomic mass is 16.6. The molecule has 0 aromatic heterocycles. The van der Waals surface area contributed by atoms with Crippen LogP contribution in [0.2, 0.25) is 0 Å². The van der Waals surface area contributed by atoms with Crippen molar-refractivity contribution in [1.29, 1.82) is 0 Å². The monoisotopic (exact) mass is 329 g/mol. The number of piperidine rings is 1. The minimum Gasteiger partial charge on any atom is -0.497 e. The van der Waals surface area contributed by atoms with Gasteiger partial charge in [-0.25, -0.2) is 4.79 Å². The first-order chi connectivity index (χ1) is 11.7. The van der Waals surface area contributed by atoms with E-state index in [0.29, 0.717) is 18.6 Å². The van der Waals surface area contributed by atoms with Crippen LogP contribution in [0.25, 0.3) is 0 Å². The average molecular weight is 329 g/mol. The molecule has 4 rings (SSSR count). The number of rotatable bonds is 2. The molecule has 1 saturated heterocycles. The predicted octanol–water partition coefficient (Wildman–Crippen LogP) is 3.91. The SMILES string of the molecule is CCOC(=O)N1CC[C@]23CCCCC2[C@H]1Cc1ccc(OC)cc13. The van der Waals surface area contributed by atoms with Gasteiger partial charge < -0.3 is 14.4 Å². The quantitative estimate of drug-likeness (QED) is 0.826. The lowest BCUT2D eigenvalue weighted by atomic mass is 9.52. The van der Waals surface area contributed by atoms with E-state index in [-0.39, 0.29) is 11.5 Å². The fraction of sp³-hybridized carbons (Fsp3) is 0.650. The highest BCUT2D eigenvalue weighted by Gasteiger charge is 2.55. The topological polar surface area (TPSA) is 38.8 Å². The van der Waals surface area contributed by atoms with E-state index in [9.17, 15) is 4.79 Å². The summed E-state index contributed by atoms with van der Waals surface area (Å²) in [6, 6.07) is 6.83. The molecular weight excluding hydrogens is 302 g/mol. The van der Waals surface area contributed by atoms with Gasteiger partial charge in [-0.15, -0.1) is 0 Å². The number of carbonyl (C=O) groups excluding carboxylic acids is 1. The van der Waals surface area contributed by atoms with Gasteiger partial charge in [-0.3, -0.25) is 0 Å². The maximum Gasteiger partial charge on any atom is 0.410 e. The summed E-state index contributed by atoms with van der Waals surface area (Å²) >= 11 is 0. The third kappa shape index (κ3) is 2.22. The maximum atomic E-state index is 12.5. The van der Waals surface area contributed by atoms with Gasteiger partial charge in [-0.2, -0.15) is 0 Å². The molecule has 0 spiro atoms. The normalized spacial score (nSPS) is 31.0. The van der Waals surface area contributed by atoms with Crippen LogP contribution < -0.4 is 4.74 Å². The molecule has 1 saturated carbocycles. The van der Waals surface area contributed by atoms with Crippen LogP contribution in [0.3, 0.4) is 0 Å². The van der Waals surface area contributed by atoms with E-state index in [1.54, 1.807) is 7.11 Å². The minimum absolute atomic E-state index is 0.126. The third-order valence-corrected chi connectivity index (χ3v) is 6.55. The Kier molecular flexibility index (Phi) is 3.93. The maximum absolute atomic E-state index is 12.5. The van der Waals surface area contributed by atoms with E-state index in [4.69, 9.17) is 9.47 Å². The van der Waals surface area contributed by atoms with Crippen molar-refractivity contribution in [2.24, 2.45) is 5.92 Å². The molecule has 1 heterocycles. The Morgan fingerprint density at radius 2 is 2.21 bits per heavy atom. The molecule has 0 N–H and O–H groups in total. The standard InChI is InChI=1S/C20H27NO3/c1-3-24-19(22)21-11-10-20-9-5-4-6-16(20)18(21)12-14-7-8-15(23-2)13-17(14)20/h7-8,13,16,18H,3-6,9-12H2,1-2H3/t16?,18-,20-/m1/s1. The van der Waals surface area contributed by atoms with E-state index in [0.717, 1.165) is 25.1 Å². The summed E-state index contributed by atoms with van der Waals surface area (Å²) in [5.74, 6) is 1.52. The number of hydrogen-bond acceptors (Lipinski definition) is 3. The zero-order valence-electron chi connectivity index (χ0n) is 14.7. The molecule has 2 fully saturated rings. The van der Waals surface area contributed by atoms with E-state index in [2.05, 4.69) is 18.2 Å². The average Bonchev–Trinajstić information content (AvgIpc) is 2.61. The predicted molar refractivity (Wildman–Crippen MR) is 92.5 cm³/mol. The van der Waals surface area contributed by atoms with Crippen molar-refractivity contribution in [1.82, 2.24) is 4.90 Å². The molecule has 4 heteroatoms. The van der Waals surface area contributed by atoms with E-state index in [1.807, 2.05) is 11.8 Å². The Bertz CT molecular complexity index is 644. The first-order valence-corrected chi connectivity index (χ1v) is 9.30. The van der Waals surface area contributed by atoms with Crippen molar-refractivity contribution in [3.8, 4) is 5.75 Å². The van der Waals surface area contributed by atoms with Crippen molar-refractivity contribution in [3.05, 3.63) is 29.3 Å². The molecule has 1 aliphatic heterocycles. The zero-order chi connectivity index (χ0) is 16.7. The van der Waals surface area contributed by atoms with Crippen molar-refractivity contribution < 1.29 is 14.3 Å². The molecule has 3 aliphatic rings. The fourth-order valence-corrected chi connectivity index (χ4v) is 5.54. The number of nitrogens with zero attached hydrogens (tertiary/aromatic N) is 1. The molecule has 2 bridgehead atoms. The smallest absolute Gasteiger partial charge is 0.410 e. The lowest BCUT2D eigenvalue weighted by molar-refractivity contribution is -0.0110. The van der Waals surface area contributed by atoms with Gasteiger partial charge in [-0.05, 0) is 61.8 Å². The summed E-state index contributed by atoms with van der Waals surface area (Å²) in [5, 5.41) is 0. The summed E-state index contributed by atoms with van der Waals surface area (Å²) in [6.07, 6.45) is 6.90. The van der Waals surface area contributed by atoms with E-state index >= 15 is 0 Å². The van der Waals surface area contributed by atoms with Gasteiger partial charge in [0.2, 0.25) is 0 Å². The van der Waals surface area contributed by atoms with Crippen LogP contribution >= 0.6 is 0 Å². The van der Waals surface area contributed by atoms with E-state index < -0.39 is 0 Å². The first-order valence-electron chi connectivity index (χ1n) is 9.30. The highest BCUT2D eigenvalue weighted by Crippen LogP contribution is 2.56. The number of fused-ring (bicyclic) bond motifs is 1. The Hall–Kier alpha value is -1.71. The van der Waals surface area contributed by atoms with Crippen LogP contribution in [0.4, 0.5) is 4.79 Å². The molecule has 0 radical (unpaired) electrons. The Labute approximate surface area is 144 Å². The van der Waals surface area contributed by atoms with Gasteiger partial charge >= 0.3 is 6.09 Å². The van der Waals surface area contributed by atoms with Crippen LogP contribution in [0, 0.1) is 5.92 Å². The Morgan fingerprint density at radius 1 is 1.33 bits per heavy atom. The lowest BCUT2D eigenvalue weighted by Gasteiger charge is -2.58. The molecule has 1 aromatic rings. The van der Waals surface area contributed by atoms with Crippen molar-refractivity contribution in [2.75, 3.05) is 20.3 Å². The summed E-state index contributed by atoms with van der Waals surface area (Å²) in [4.78, 5) is 14.5. The second-order valence-corrected chi connectivity index (χ2v) is 7.45. The molecule has 1 amide bonds. The number of likely N-dealkylation sites (tertiary alicyclic amines) is 1. The second-order valence-electron chi connectivity index (χ2n) is 7.45. The molecule has 24 heavy (non-hydrogen) atoms. The number of carbonyl (C=O) groups is 1. The number of ether oxygens (including phenoxy) is 2. The van der Waals surface area contributed by atoms with Gasteiger partial charge in [0.25, 0.3) is 0 Å². The third-order valence-electron chi connectivity index (χ3n) is 6.55. The molecule has 130 valence electrons. The van der Waals surface area contributed by atoms with Crippen LogP contribution in [0.1, 0.15) is 50.2 Å². The highest BCUT2D eigenvalue weighted by molar-refractivity contribution is 5.69. The summed E-state index contributed by atoms with van der Waals surface area (Å²) in [6.45, 7) is 3.15. The van der Waals surface area contributed by atoms with Crippen molar-refractivity contribution in [3.63, 3.8) is 0 Å². The molecule has 1 aromatic carbocycles.